The first kappa shape index (κ1) is 14.0. The molecule has 6 heteroatoms. The highest BCUT2D eigenvalue weighted by Crippen LogP contribution is 2.32. The van der Waals surface area contributed by atoms with Crippen LogP contribution in [0.1, 0.15) is 0 Å². The molecule has 0 radical (unpaired) electrons. The minimum absolute atomic E-state index is 0.677. The summed E-state index contributed by atoms with van der Waals surface area (Å²) < 4.78 is 5.19. The zero-order chi connectivity index (χ0) is 14.7. The molecule has 21 heavy (non-hydrogen) atoms. The van der Waals surface area contributed by atoms with Crippen LogP contribution >= 0.6 is 23.1 Å². The van der Waals surface area contributed by atoms with E-state index in [9.17, 15) is 0 Å². The van der Waals surface area contributed by atoms with Crippen LogP contribution in [0.5, 0.6) is 5.75 Å². The summed E-state index contributed by atoms with van der Waals surface area (Å²) in [6.45, 7) is 0. The predicted molar refractivity (Wildman–Crippen MR) is 86.9 cm³/mol. The molecule has 4 nitrogen and oxygen atoms in total. The second-order valence-electron chi connectivity index (χ2n) is 4.20. The lowest BCUT2D eigenvalue weighted by Gasteiger charge is -2.07. The topological polar surface area (TPSA) is 47.9 Å². The Hall–Kier alpha value is -1.92. The monoisotopic (exact) mass is 315 g/mol. The Kier molecular flexibility index (Phi) is 4.17. The van der Waals surface area contributed by atoms with Crippen LogP contribution in [0, 0.1) is 0 Å². The van der Waals surface area contributed by atoms with Gasteiger partial charge in [0, 0.05) is 5.56 Å². The van der Waals surface area contributed by atoms with Crippen LogP contribution in [0.25, 0.3) is 21.8 Å². The first-order valence-corrected chi connectivity index (χ1v) is 8.39. The van der Waals surface area contributed by atoms with Gasteiger partial charge in [0.2, 0.25) is 5.16 Å². The van der Waals surface area contributed by atoms with E-state index >= 15 is 0 Å². The first-order valence-electron chi connectivity index (χ1n) is 6.29. The molecule has 0 unspecified atom stereocenters. The third kappa shape index (κ3) is 2.91. The Labute approximate surface area is 131 Å². The van der Waals surface area contributed by atoms with Crippen molar-refractivity contribution in [2.24, 2.45) is 0 Å². The van der Waals surface area contributed by atoms with Gasteiger partial charge in [0.05, 0.1) is 12.0 Å². The van der Waals surface area contributed by atoms with E-state index in [-0.39, 0.29) is 0 Å². The van der Waals surface area contributed by atoms with E-state index in [0.717, 1.165) is 27.6 Å². The number of hydrogen-bond acceptors (Lipinski definition) is 6. The lowest BCUT2D eigenvalue weighted by Crippen LogP contribution is -1.98. The molecule has 0 fully saturated rings. The molecule has 1 aromatic carbocycles. The zero-order valence-electron chi connectivity index (χ0n) is 11.6. The maximum atomic E-state index is 5.19. The van der Waals surface area contributed by atoms with Gasteiger partial charge in [0.15, 0.2) is 0 Å². The largest absolute Gasteiger partial charge is 0.497 e. The van der Waals surface area contributed by atoms with Gasteiger partial charge in [0.1, 0.15) is 17.1 Å². The van der Waals surface area contributed by atoms with Crippen LogP contribution in [0.15, 0.2) is 46.9 Å². The molecular formula is C15H13N3OS2. The quantitative estimate of drug-likeness (QED) is 0.681. The Morgan fingerprint density at radius 3 is 2.48 bits per heavy atom. The molecular weight excluding hydrogens is 302 g/mol. The Bertz CT molecular complexity index is 727. The molecule has 0 aliphatic rings. The zero-order valence-corrected chi connectivity index (χ0v) is 13.2. The average Bonchev–Trinajstić information content (AvgIpc) is 3.09. The van der Waals surface area contributed by atoms with Crippen molar-refractivity contribution in [3.05, 3.63) is 41.8 Å². The van der Waals surface area contributed by atoms with E-state index in [4.69, 9.17) is 4.74 Å². The maximum Gasteiger partial charge on any atom is 0.209 e. The molecule has 106 valence electrons. The van der Waals surface area contributed by atoms with Crippen molar-refractivity contribution < 1.29 is 4.74 Å². The summed E-state index contributed by atoms with van der Waals surface area (Å²) in [5, 5.41) is 11.2. The molecule has 2 aromatic heterocycles. The van der Waals surface area contributed by atoms with E-state index in [1.165, 1.54) is 11.8 Å². The van der Waals surface area contributed by atoms with Gasteiger partial charge in [-0.1, -0.05) is 17.8 Å². The van der Waals surface area contributed by atoms with Crippen molar-refractivity contribution in [3.63, 3.8) is 0 Å². The minimum atomic E-state index is 0.677. The summed E-state index contributed by atoms with van der Waals surface area (Å²) in [5.74, 6) is 0.818. The summed E-state index contributed by atoms with van der Waals surface area (Å²) >= 11 is 3.14. The van der Waals surface area contributed by atoms with E-state index in [2.05, 4.69) is 15.2 Å². The van der Waals surface area contributed by atoms with E-state index < -0.39 is 0 Å². The van der Waals surface area contributed by atoms with Crippen molar-refractivity contribution in [2.75, 3.05) is 13.4 Å². The smallest absolute Gasteiger partial charge is 0.209 e. The van der Waals surface area contributed by atoms with Crippen molar-refractivity contribution in [2.45, 2.75) is 5.16 Å². The molecule has 0 amide bonds. The van der Waals surface area contributed by atoms with Gasteiger partial charge < -0.3 is 4.74 Å². The lowest BCUT2D eigenvalue weighted by atomic mass is 10.1. The maximum absolute atomic E-state index is 5.19. The Morgan fingerprint density at radius 2 is 1.86 bits per heavy atom. The molecule has 0 saturated carbocycles. The molecule has 3 aromatic rings. The first-order chi connectivity index (χ1) is 10.3. The lowest BCUT2D eigenvalue weighted by molar-refractivity contribution is 0.415. The van der Waals surface area contributed by atoms with Crippen LogP contribution in [0.2, 0.25) is 0 Å². The highest BCUT2D eigenvalue weighted by Gasteiger charge is 2.14. The van der Waals surface area contributed by atoms with Crippen LogP contribution in [0.3, 0.4) is 0 Å². The second-order valence-corrected chi connectivity index (χ2v) is 5.92. The number of rotatable bonds is 4. The minimum Gasteiger partial charge on any atom is -0.497 e. The van der Waals surface area contributed by atoms with E-state index in [1.54, 1.807) is 18.4 Å². The third-order valence-corrected chi connectivity index (χ3v) is 4.38. The SMILES string of the molecule is COc1ccc(-c2nnc(SC)nc2-c2cccs2)cc1. The van der Waals surface area contributed by atoms with Crippen LogP contribution in [-0.2, 0) is 0 Å². The van der Waals surface area contributed by atoms with Crippen LogP contribution in [-0.4, -0.2) is 28.5 Å². The molecule has 0 bridgehead atoms. The van der Waals surface area contributed by atoms with Crippen molar-refractivity contribution >= 4 is 23.1 Å². The highest BCUT2D eigenvalue weighted by molar-refractivity contribution is 7.98. The molecule has 0 aliphatic carbocycles. The summed E-state index contributed by atoms with van der Waals surface area (Å²) in [7, 11) is 1.65. The van der Waals surface area contributed by atoms with Crippen LogP contribution < -0.4 is 4.74 Å². The van der Waals surface area contributed by atoms with Gasteiger partial charge in [-0.2, -0.15) is 0 Å². The van der Waals surface area contributed by atoms with Gasteiger partial charge in [0.25, 0.3) is 0 Å². The number of nitrogens with zero attached hydrogens (tertiary/aromatic N) is 3. The molecule has 0 N–H and O–H groups in total. The molecule has 0 atom stereocenters. The van der Waals surface area contributed by atoms with Crippen molar-refractivity contribution in [1.82, 2.24) is 15.2 Å². The van der Waals surface area contributed by atoms with Crippen molar-refractivity contribution in [1.29, 1.82) is 0 Å². The molecule has 0 aliphatic heterocycles. The fourth-order valence-corrected chi connectivity index (χ4v) is 2.95. The number of hydrogen-bond donors (Lipinski definition) is 0. The van der Waals surface area contributed by atoms with Gasteiger partial charge in [-0.3, -0.25) is 0 Å². The number of thioether (sulfide) groups is 1. The van der Waals surface area contributed by atoms with Gasteiger partial charge >= 0.3 is 0 Å². The van der Waals surface area contributed by atoms with Crippen LogP contribution in [0.4, 0.5) is 0 Å². The van der Waals surface area contributed by atoms with Crippen molar-refractivity contribution in [3.8, 4) is 27.6 Å². The molecule has 0 saturated heterocycles. The average molecular weight is 315 g/mol. The standard InChI is InChI=1S/C15H13N3OS2/c1-19-11-7-5-10(6-8-11)13-14(12-4-3-9-21-12)16-15(20-2)18-17-13/h3-9H,1-2H3. The van der Waals surface area contributed by atoms with Gasteiger partial charge in [-0.25, -0.2) is 4.98 Å². The van der Waals surface area contributed by atoms with Gasteiger partial charge in [-0.15, -0.1) is 21.5 Å². The molecule has 2 heterocycles. The second kappa shape index (κ2) is 6.24. The summed E-state index contributed by atoms with van der Waals surface area (Å²) in [6, 6.07) is 11.8. The summed E-state index contributed by atoms with van der Waals surface area (Å²) in [4.78, 5) is 5.71. The fraction of sp³-hybridized carbons (Fsp3) is 0.133. The Morgan fingerprint density at radius 1 is 1.05 bits per heavy atom. The third-order valence-electron chi connectivity index (χ3n) is 2.97. The summed E-state index contributed by atoms with van der Waals surface area (Å²) in [5.41, 5.74) is 2.64. The Balaban J connectivity index is 2.12. The number of aromatic nitrogens is 3. The fourth-order valence-electron chi connectivity index (χ4n) is 1.93. The predicted octanol–water partition coefficient (Wildman–Crippen LogP) is 4.00. The number of ether oxygens (including phenoxy) is 1. The van der Waals surface area contributed by atoms with E-state index in [1.807, 2.05) is 48.0 Å². The normalized spacial score (nSPS) is 10.6. The molecule has 3 rings (SSSR count). The number of methoxy groups -OCH3 is 1. The highest BCUT2D eigenvalue weighted by atomic mass is 32.2. The number of benzene rings is 1. The van der Waals surface area contributed by atoms with E-state index in [0.29, 0.717) is 5.16 Å². The summed E-state index contributed by atoms with van der Waals surface area (Å²) in [6.07, 6.45) is 1.95. The number of thiophene rings is 1. The molecule has 0 spiro atoms. The van der Waals surface area contributed by atoms with Gasteiger partial charge in [-0.05, 0) is 42.0 Å².